The number of rotatable bonds is 4. The van der Waals surface area contributed by atoms with Crippen LogP contribution in [0.15, 0.2) is 41.3 Å². The molecule has 0 aliphatic carbocycles. The molecule has 2 aromatic rings. The first kappa shape index (κ1) is 13.9. The van der Waals surface area contributed by atoms with Crippen molar-refractivity contribution in [2.45, 2.75) is 18.2 Å². The fourth-order valence-corrected chi connectivity index (χ4v) is 3.87. The molecule has 2 rings (SSSR count). The highest BCUT2D eigenvalue weighted by Crippen LogP contribution is 2.32. The SMILES string of the molecule is CCCS(=O)(=O)c1cccc2cccc(N(C)C)c12. The summed E-state index contributed by atoms with van der Waals surface area (Å²) >= 11 is 0. The highest BCUT2D eigenvalue weighted by atomic mass is 32.2. The van der Waals surface area contributed by atoms with Crippen LogP contribution in [-0.2, 0) is 9.84 Å². The monoisotopic (exact) mass is 277 g/mol. The third-order valence-electron chi connectivity index (χ3n) is 3.13. The number of fused-ring (bicyclic) bond motifs is 1. The summed E-state index contributed by atoms with van der Waals surface area (Å²) in [5, 5.41) is 1.78. The van der Waals surface area contributed by atoms with Gasteiger partial charge in [-0.05, 0) is 23.9 Å². The summed E-state index contributed by atoms with van der Waals surface area (Å²) in [4.78, 5) is 2.39. The van der Waals surface area contributed by atoms with Crippen molar-refractivity contribution in [1.82, 2.24) is 0 Å². The summed E-state index contributed by atoms with van der Waals surface area (Å²) in [5.74, 6) is 0.188. The van der Waals surface area contributed by atoms with Crippen molar-refractivity contribution >= 4 is 26.3 Å². The Morgan fingerprint density at radius 2 is 1.68 bits per heavy atom. The summed E-state index contributed by atoms with van der Waals surface area (Å²) in [6, 6.07) is 11.3. The van der Waals surface area contributed by atoms with Gasteiger partial charge in [0.25, 0.3) is 0 Å². The number of nitrogens with zero attached hydrogens (tertiary/aromatic N) is 1. The van der Waals surface area contributed by atoms with Crippen molar-refractivity contribution in [3.05, 3.63) is 36.4 Å². The van der Waals surface area contributed by atoms with Gasteiger partial charge in [0, 0.05) is 25.2 Å². The van der Waals surface area contributed by atoms with Gasteiger partial charge < -0.3 is 4.90 Å². The van der Waals surface area contributed by atoms with Gasteiger partial charge in [-0.2, -0.15) is 0 Å². The van der Waals surface area contributed by atoms with Gasteiger partial charge in [-0.25, -0.2) is 8.42 Å². The molecule has 3 nitrogen and oxygen atoms in total. The molecule has 0 fully saturated rings. The second-order valence-corrected chi connectivity index (χ2v) is 6.92. The number of benzene rings is 2. The number of hydrogen-bond acceptors (Lipinski definition) is 3. The van der Waals surface area contributed by atoms with Gasteiger partial charge in [0.2, 0.25) is 0 Å². The zero-order valence-corrected chi connectivity index (χ0v) is 12.4. The summed E-state index contributed by atoms with van der Waals surface area (Å²) in [6.45, 7) is 1.88. The van der Waals surface area contributed by atoms with Crippen LogP contribution in [0.1, 0.15) is 13.3 Å². The number of sulfone groups is 1. The van der Waals surface area contributed by atoms with Crippen LogP contribution in [0.3, 0.4) is 0 Å². The lowest BCUT2D eigenvalue weighted by molar-refractivity contribution is 0.595. The van der Waals surface area contributed by atoms with Crippen LogP contribution in [0.4, 0.5) is 5.69 Å². The third kappa shape index (κ3) is 2.59. The number of hydrogen-bond donors (Lipinski definition) is 0. The third-order valence-corrected chi connectivity index (χ3v) is 5.09. The molecule has 0 heterocycles. The predicted molar refractivity (Wildman–Crippen MR) is 80.6 cm³/mol. The van der Waals surface area contributed by atoms with Gasteiger partial charge in [0.15, 0.2) is 9.84 Å². The fourth-order valence-electron chi connectivity index (χ4n) is 2.30. The molecule has 19 heavy (non-hydrogen) atoms. The molecule has 2 aromatic carbocycles. The van der Waals surface area contributed by atoms with E-state index in [-0.39, 0.29) is 5.75 Å². The van der Waals surface area contributed by atoms with Gasteiger partial charge in [0.1, 0.15) is 0 Å². The Balaban J connectivity index is 2.82. The summed E-state index contributed by atoms with van der Waals surface area (Å²) in [5.41, 5.74) is 0.938. The van der Waals surface area contributed by atoms with E-state index < -0.39 is 9.84 Å². The summed E-state index contributed by atoms with van der Waals surface area (Å²) in [6.07, 6.45) is 0.628. The zero-order chi connectivity index (χ0) is 14.0. The first-order valence-corrected chi connectivity index (χ1v) is 8.04. The lowest BCUT2D eigenvalue weighted by Crippen LogP contribution is -2.12. The molecule has 102 valence electrons. The topological polar surface area (TPSA) is 37.4 Å². The number of anilines is 1. The molecular formula is C15H19NO2S. The highest BCUT2D eigenvalue weighted by Gasteiger charge is 2.18. The van der Waals surface area contributed by atoms with E-state index in [4.69, 9.17) is 0 Å². The van der Waals surface area contributed by atoms with E-state index in [1.807, 2.05) is 56.3 Å². The van der Waals surface area contributed by atoms with Crippen molar-refractivity contribution in [1.29, 1.82) is 0 Å². The van der Waals surface area contributed by atoms with Crippen LogP contribution in [0, 0.1) is 0 Å². The van der Waals surface area contributed by atoms with E-state index in [9.17, 15) is 8.42 Å². The van der Waals surface area contributed by atoms with E-state index in [1.54, 1.807) is 6.07 Å². The second-order valence-electron chi connectivity index (χ2n) is 4.84. The van der Waals surface area contributed by atoms with Crippen LogP contribution < -0.4 is 4.90 Å². The molecule has 0 atom stereocenters. The van der Waals surface area contributed by atoms with Crippen molar-refractivity contribution in [2.24, 2.45) is 0 Å². The van der Waals surface area contributed by atoms with Crippen LogP contribution in [0.5, 0.6) is 0 Å². The van der Waals surface area contributed by atoms with Crippen molar-refractivity contribution in [3.63, 3.8) is 0 Å². The van der Waals surface area contributed by atoms with Gasteiger partial charge in [-0.15, -0.1) is 0 Å². The minimum atomic E-state index is -3.22. The van der Waals surface area contributed by atoms with Crippen molar-refractivity contribution in [3.8, 4) is 0 Å². The largest absolute Gasteiger partial charge is 0.377 e. The Labute approximate surface area is 114 Å². The summed E-state index contributed by atoms with van der Waals surface area (Å²) in [7, 11) is 0.637. The maximum atomic E-state index is 12.4. The first-order chi connectivity index (χ1) is 8.97. The predicted octanol–water partition coefficient (Wildman–Crippen LogP) is 3.09. The average Bonchev–Trinajstić information content (AvgIpc) is 2.37. The molecule has 0 aliphatic rings. The molecule has 0 saturated heterocycles. The Bertz CT molecular complexity index is 685. The molecule has 4 heteroatoms. The maximum absolute atomic E-state index is 12.4. The van der Waals surface area contributed by atoms with Crippen LogP contribution in [0.2, 0.25) is 0 Å². The molecule has 0 saturated carbocycles. The lowest BCUT2D eigenvalue weighted by Gasteiger charge is -2.18. The Morgan fingerprint density at radius 3 is 2.26 bits per heavy atom. The molecule has 0 unspecified atom stereocenters. The molecule has 0 spiro atoms. The molecule has 0 bridgehead atoms. The van der Waals surface area contributed by atoms with Crippen molar-refractivity contribution in [2.75, 3.05) is 24.7 Å². The summed E-state index contributed by atoms with van der Waals surface area (Å²) < 4.78 is 24.8. The van der Waals surface area contributed by atoms with Crippen molar-refractivity contribution < 1.29 is 8.42 Å². The second kappa shape index (κ2) is 5.21. The minimum Gasteiger partial charge on any atom is -0.377 e. The van der Waals surface area contributed by atoms with Gasteiger partial charge in [-0.1, -0.05) is 31.2 Å². The molecule has 0 radical (unpaired) electrons. The molecule has 0 aromatic heterocycles. The molecule has 0 N–H and O–H groups in total. The zero-order valence-electron chi connectivity index (χ0n) is 11.6. The normalized spacial score (nSPS) is 11.7. The quantitative estimate of drug-likeness (QED) is 0.862. The molecule has 0 aliphatic heterocycles. The lowest BCUT2D eigenvalue weighted by atomic mass is 10.1. The Hall–Kier alpha value is -1.55. The Kier molecular flexibility index (Phi) is 3.80. The van der Waals surface area contributed by atoms with E-state index in [0.717, 1.165) is 16.5 Å². The maximum Gasteiger partial charge on any atom is 0.179 e. The minimum absolute atomic E-state index is 0.188. The molecule has 0 amide bonds. The van der Waals surface area contributed by atoms with Crippen LogP contribution >= 0.6 is 0 Å². The van der Waals surface area contributed by atoms with Crippen LogP contribution in [-0.4, -0.2) is 28.3 Å². The van der Waals surface area contributed by atoms with E-state index in [1.165, 1.54) is 0 Å². The standard InChI is InChI=1S/C15H19NO2S/c1-4-11-19(17,18)14-10-6-8-12-7-5-9-13(15(12)14)16(2)3/h5-10H,4,11H2,1-3H3. The van der Waals surface area contributed by atoms with E-state index in [0.29, 0.717) is 11.3 Å². The van der Waals surface area contributed by atoms with Gasteiger partial charge in [-0.3, -0.25) is 0 Å². The molecular weight excluding hydrogens is 258 g/mol. The van der Waals surface area contributed by atoms with Crippen LogP contribution in [0.25, 0.3) is 10.8 Å². The smallest absolute Gasteiger partial charge is 0.179 e. The average molecular weight is 277 g/mol. The van der Waals surface area contributed by atoms with Gasteiger partial charge in [0.05, 0.1) is 10.6 Å². The first-order valence-electron chi connectivity index (χ1n) is 6.39. The Morgan fingerprint density at radius 1 is 1.05 bits per heavy atom. The highest BCUT2D eigenvalue weighted by molar-refractivity contribution is 7.91. The van der Waals surface area contributed by atoms with Gasteiger partial charge >= 0.3 is 0 Å². The fraction of sp³-hybridized carbons (Fsp3) is 0.333. The van der Waals surface area contributed by atoms with E-state index in [2.05, 4.69) is 0 Å². The van der Waals surface area contributed by atoms with E-state index >= 15 is 0 Å².